The third-order valence-electron chi connectivity index (χ3n) is 2.03. The number of aliphatic hydroxyl groups excluding tert-OH is 1. The number of halogens is 1. The topological polar surface area (TPSA) is 46.0 Å². The highest BCUT2D eigenvalue weighted by molar-refractivity contribution is 6.30. The number of nitrogens with zero attached hydrogens (tertiary/aromatic N) is 2. The molecule has 0 aliphatic rings. The molecule has 0 radical (unpaired) electrons. The zero-order valence-corrected chi connectivity index (χ0v) is 8.41. The fraction of sp³-hybridized carbons (Fsp3) is 0.200. The number of rotatable bonds is 1. The molecule has 0 saturated heterocycles. The molecule has 1 aromatic heterocycles. The Balaban J connectivity index is 2.70. The van der Waals surface area contributed by atoms with Gasteiger partial charge in [0.2, 0.25) is 0 Å². The van der Waals surface area contributed by atoms with Gasteiger partial charge in [-0.2, -0.15) is 0 Å². The lowest BCUT2D eigenvalue weighted by Crippen LogP contribution is -1.91. The molecule has 1 aromatic carbocycles. The minimum Gasteiger partial charge on any atom is -0.392 e. The molecular formula is C10H9ClN2O. The van der Waals surface area contributed by atoms with E-state index in [0.717, 1.165) is 16.8 Å². The van der Waals surface area contributed by atoms with Crippen LogP contribution >= 0.6 is 11.6 Å². The van der Waals surface area contributed by atoms with Crippen LogP contribution in [-0.2, 0) is 6.61 Å². The quantitative estimate of drug-likeness (QED) is 0.781. The Morgan fingerprint density at radius 3 is 2.79 bits per heavy atom. The van der Waals surface area contributed by atoms with Crippen molar-refractivity contribution in [2.24, 2.45) is 0 Å². The molecule has 4 heteroatoms. The van der Waals surface area contributed by atoms with E-state index in [0.29, 0.717) is 10.7 Å². The summed E-state index contributed by atoms with van der Waals surface area (Å²) in [5.74, 6) is 0. The smallest absolute Gasteiger partial charge is 0.150 e. The van der Waals surface area contributed by atoms with Crippen molar-refractivity contribution in [3.05, 3.63) is 34.6 Å². The lowest BCUT2D eigenvalue weighted by atomic mass is 10.2. The Morgan fingerprint density at radius 2 is 2.07 bits per heavy atom. The number of aryl methyl sites for hydroxylation is 1. The summed E-state index contributed by atoms with van der Waals surface area (Å²) in [5, 5.41) is 9.35. The van der Waals surface area contributed by atoms with Gasteiger partial charge in [0.05, 0.1) is 23.3 Å². The van der Waals surface area contributed by atoms with Gasteiger partial charge in [0.25, 0.3) is 0 Å². The molecule has 0 unspecified atom stereocenters. The van der Waals surface area contributed by atoms with Crippen molar-refractivity contribution in [2.75, 3.05) is 0 Å². The van der Waals surface area contributed by atoms with Crippen LogP contribution < -0.4 is 0 Å². The summed E-state index contributed by atoms with van der Waals surface area (Å²) in [6, 6.07) is 5.44. The molecule has 72 valence electrons. The SMILES string of the molecule is Cc1nc2ccc(CO)cc2nc1Cl. The minimum absolute atomic E-state index is 0.00309. The van der Waals surface area contributed by atoms with Crippen LogP contribution in [0.1, 0.15) is 11.3 Å². The fourth-order valence-corrected chi connectivity index (χ4v) is 1.40. The predicted molar refractivity (Wildman–Crippen MR) is 55.2 cm³/mol. The maximum absolute atomic E-state index is 8.94. The molecule has 0 spiro atoms. The average Bonchev–Trinajstić information content (AvgIpc) is 2.19. The van der Waals surface area contributed by atoms with Crippen LogP contribution in [-0.4, -0.2) is 15.1 Å². The van der Waals surface area contributed by atoms with Gasteiger partial charge in [0.15, 0.2) is 5.15 Å². The monoisotopic (exact) mass is 208 g/mol. The Labute approximate surface area is 86.4 Å². The van der Waals surface area contributed by atoms with Gasteiger partial charge in [0, 0.05) is 0 Å². The lowest BCUT2D eigenvalue weighted by molar-refractivity contribution is 0.282. The van der Waals surface area contributed by atoms with Gasteiger partial charge >= 0.3 is 0 Å². The van der Waals surface area contributed by atoms with E-state index in [-0.39, 0.29) is 6.61 Å². The Hall–Kier alpha value is -1.19. The van der Waals surface area contributed by atoms with Crippen LogP contribution in [0.3, 0.4) is 0 Å². The zero-order chi connectivity index (χ0) is 10.1. The molecule has 14 heavy (non-hydrogen) atoms. The molecule has 0 saturated carbocycles. The molecule has 0 atom stereocenters. The van der Waals surface area contributed by atoms with E-state index in [4.69, 9.17) is 16.7 Å². The highest BCUT2D eigenvalue weighted by Gasteiger charge is 2.02. The first kappa shape index (κ1) is 9.37. The van der Waals surface area contributed by atoms with E-state index in [1.54, 1.807) is 6.07 Å². The van der Waals surface area contributed by atoms with E-state index in [1.165, 1.54) is 0 Å². The third-order valence-corrected chi connectivity index (χ3v) is 2.39. The van der Waals surface area contributed by atoms with Gasteiger partial charge in [-0.25, -0.2) is 9.97 Å². The van der Waals surface area contributed by atoms with Gasteiger partial charge in [-0.1, -0.05) is 17.7 Å². The average molecular weight is 209 g/mol. The molecule has 2 rings (SSSR count). The Kier molecular flexibility index (Phi) is 2.35. The number of aromatic nitrogens is 2. The van der Waals surface area contributed by atoms with Crippen LogP contribution in [0, 0.1) is 6.92 Å². The second kappa shape index (κ2) is 3.52. The second-order valence-electron chi connectivity index (χ2n) is 3.08. The van der Waals surface area contributed by atoms with Crippen LogP contribution in [0.25, 0.3) is 11.0 Å². The van der Waals surface area contributed by atoms with Crippen molar-refractivity contribution < 1.29 is 5.11 Å². The molecule has 3 nitrogen and oxygen atoms in total. The first-order valence-electron chi connectivity index (χ1n) is 4.24. The van der Waals surface area contributed by atoms with Crippen molar-refractivity contribution in [1.82, 2.24) is 9.97 Å². The maximum Gasteiger partial charge on any atom is 0.150 e. The van der Waals surface area contributed by atoms with Crippen molar-refractivity contribution in [3.8, 4) is 0 Å². The molecule has 2 aromatic rings. The van der Waals surface area contributed by atoms with Gasteiger partial charge in [-0.15, -0.1) is 0 Å². The van der Waals surface area contributed by atoms with E-state index >= 15 is 0 Å². The molecule has 0 fully saturated rings. The van der Waals surface area contributed by atoms with E-state index in [2.05, 4.69) is 9.97 Å². The largest absolute Gasteiger partial charge is 0.392 e. The fourth-order valence-electron chi connectivity index (χ4n) is 1.26. The van der Waals surface area contributed by atoms with Crippen LogP contribution in [0.4, 0.5) is 0 Å². The highest BCUT2D eigenvalue weighted by atomic mass is 35.5. The minimum atomic E-state index is 0.00309. The highest BCUT2D eigenvalue weighted by Crippen LogP contribution is 2.17. The van der Waals surface area contributed by atoms with Gasteiger partial charge in [-0.05, 0) is 24.6 Å². The zero-order valence-electron chi connectivity index (χ0n) is 7.66. The second-order valence-corrected chi connectivity index (χ2v) is 3.44. The van der Waals surface area contributed by atoms with Crippen molar-refractivity contribution in [1.29, 1.82) is 0 Å². The summed E-state index contributed by atoms with van der Waals surface area (Å²) in [6.07, 6.45) is 0. The Bertz CT molecular complexity index is 485. The predicted octanol–water partition coefficient (Wildman–Crippen LogP) is 2.08. The third kappa shape index (κ3) is 1.56. The molecular weight excluding hydrogens is 200 g/mol. The number of aliphatic hydroxyl groups is 1. The van der Waals surface area contributed by atoms with Gasteiger partial charge in [-0.3, -0.25) is 0 Å². The molecule has 1 N–H and O–H groups in total. The first-order valence-corrected chi connectivity index (χ1v) is 4.62. The first-order chi connectivity index (χ1) is 6.70. The summed E-state index contributed by atoms with van der Waals surface area (Å²) < 4.78 is 0. The number of hydrogen-bond acceptors (Lipinski definition) is 3. The number of benzene rings is 1. The summed E-state index contributed by atoms with van der Waals surface area (Å²) in [7, 11) is 0. The van der Waals surface area contributed by atoms with E-state index in [1.807, 2.05) is 19.1 Å². The van der Waals surface area contributed by atoms with Crippen LogP contribution in [0.15, 0.2) is 18.2 Å². The van der Waals surface area contributed by atoms with Crippen molar-refractivity contribution in [3.63, 3.8) is 0 Å². The van der Waals surface area contributed by atoms with Crippen molar-refractivity contribution >= 4 is 22.6 Å². The van der Waals surface area contributed by atoms with Crippen LogP contribution in [0.5, 0.6) is 0 Å². The maximum atomic E-state index is 8.94. The molecule has 1 heterocycles. The number of fused-ring (bicyclic) bond motifs is 1. The summed E-state index contributed by atoms with van der Waals surface area (Å²) in [6.45, 7) is 1.82. The van der Waals surface area contributed by atoms with Gasteiger partial charge in [0.1, 0.15) is 0 Å². The van der Waals surface area contributed by atoms with Gasteiger partial charge < -0.3 is 5.11 Å². The molecule has 0 amide bonds. The summed E-state index contributed by atoms with van der Waals surface area (Å²) in [5.41, 5.74) is 3.04. The number of hydrogen-bond donors (Lipinski definition) is 1. The standard InChI is InChI=1S/C10H9ClN2O/c1-6-10(11)13-9-4-7(5-14)2-3-8(9)12-6/h2-4,14H,5H2,1H3. The molecule has 0 bridgehead atoms. The van der Waals surface area contributed by atoms with E-state index < -0.39 is 0 Å². The van der Waals surface area contributed by atoms with Crippen molar-refractivity contribution in [2.45, 2.75) is 13.5 Å². The molecule has 0 aliphatic carbocycles. The van der Waals surface area contributed by atoms with Crippen LogP contribution in [0.2, 0.25) is 5.15 Å². The lowest BCUT2D eigenvalue weighted by Gasteiger charge is -2.02. The summed E-state index contributed by atoms with van der Waals surface area (Å²) >= 11 is 5.85. The molecule has 0 aliphatic heterocycles. The summed E-state index contributed by atoms with van der Waals surface area (Å²) in [4.78, 5) is 8.45. The normalized spacial score (nSPS) is 10.8. The Morgan fingerprint density at radius 1 is 1.29 bits per heavy atom. The van der Waals surface area contributed by atoms with E-state index in [9.17, 15) is 0 Å².